The van der Waals surface area contributed by atoms with Crippen LogP contribution >= 0.6 is 11.6 Å². The first-order valence-electron chi connectivity index (χ1n) is 16.7. The van der Waals surface area contributed by atoms with Crippen LogP contribution in [0.1, 0.15) is 29.5 Å². The Labute approximate surface area is 293 Å². The maximum atomic E-state index is 14.0. The summed E-state index contributed by atoms with van der Waals surface area (Å²) < 4.78 is 42.0. The fraction of sp³-hybridized carbons (Fsp3) is 0.429. The molecule has 3 aliphatic heterocycles. The molecule has 1 aromatic heterocycles. The van der Waals surface area contributed by atoms with Crippen molar-refractivity contribution >= 4 is 46.6 Å². The van der Waals surface area contributed by atoms with Gasteiger partial charge in [0.2, 0.25) is 5.91 Å². The van der Waals surface area contributed by atoms with E-state index in [0.717, 1.165) is 23.0 Å². The standard InChI is InChI=1S/C35H40ClF3N8O3/c1-40-31-27(35(37,38)39)20-23(21-28(31)36)22-30(32(48)45-18-16-44(17-19-45)25-6-11-41-12-7-25)43-33(49)46-13-9-26(10-14-46)47-15-8-24-4-2-3-5-29(24)42-34(47)50/h2-7,11-12,20-21,26,30,40H,8-10,13-19,22H2,1H3,(H,42,50)(H,43,49). The van der Waals surface area contributed by atoms with E-state index in [1.165, 1.54) is 13.1 Å². The molecule has 0 radical (unpaired) electrons. The van der Waals surface area contributed by atoms with Crippen LogP contribution in [0.15, 0.2) is 60.9 Å². The monoisotopic (exact) mass is 712 g/mol. The number of para-hydroxylation sites is 1. The molecule has 11 nitrogen and oxygen atoms in total. The minimum absolute atomic E-state index is 0.0731. The van der Waals surface area contributed by atoms with Crippen molar-refractivity contribution in [2.24, 2.45) is 0 Å². The third kappa shape index (κ3) is 7.85. The minimum atomic E-state index is -4.69. The van der Waals surface area contributed by atoms with Gasteiger partial charge in [0.1, 0.15) is 6.04 Å². The van der Waals surface area contributed by atoms with Crippen molar-refractivity contribution in [1.82, 2.24) is 25.0 Å². The Morgan fingerprint density at radius 3 is 2.36 bits per heavy atom. The van der Waals surface area contributed by atoms with E-state index in [9.17, 15) is 27.6 Å². The van der Waals surface area contributed by atoms with Gasteiger partial charge in [0.15, 0.2) is 0 Å². The number of pyridine rings is 1. The van der Waals surface area contributed by atoms with Gasteiger partial charge in [0.05, 0.1) is 16.3 Å². The second-order valence-electron chi connectivity index (χ2n) is 12.7. The number of rotatable bonds is 7. The molecule has 266 valence electrons. The Morgan fingerprint density at radius 2 is 1.68 bits per heavy atom. The molecule has 50 heavy (non-hydrogen) atoms. The van der Waals surface area contributed by atoms with Crippen molar-refractivity contribution in [3.05, 3.63) is 82.6 Å². The zero-order valence-electron chi connectivity index (χ0n) is 27.7. The number of hydrogen-bond acceptors (Lipinski definition) is 6. The Balaban J connectivity index is 1.15. The summed E-state index contributed by atoms with van der Waals surface area (Å²) in [6.45, 7) is 3.07. The van der Waals surface area contributed by atoms with Gasteiger partial charge in [-0.05, 0) is 60.7 Å². The summed E-state index contributed by atoms with van der Waals surface area (Å²) in [4.78, 5) is 52.0. The molecule has 2 aromatic carbocycles. The number of carbonyl (C=O) groups is 3. The van der Waals surface area contributed by atoms with E-state index in [2.05, 4.69) is 25.8 Å². The smallest absolute Gasteiger partial charge is 0.386 e. The average Bonchev–Trinajstić information content (AvgIpc) is 3.29. The first kappa shape index (κ1) is 35.1. The highest BCUT2D eigenvalue weighted by Gasteiger charge is 2.37. The largest absolute Gasteiger partial charge is 0.418 e. The van der Waals surface area contributed by atoms with E-state index in [1.54, 1.807) is 22.2 Å². The number of hydrogen-bond donors (Lipinski definition) is 3. The molecule has 0 spiro atoms. The fourth-order valence-electron chi connectivity index (χ4n) is 7.01. The van der Waals surface area contributed by atoms with Gasteiger partial charge in [-0.25, -0.2) is 9.59 Å². The first-order valence-corrected chi connectivity index (χ1v) is 17.1. The van der Waals surface area contributed by atoms with Crippen molar-refractivity contribution < 1.29 is 27.6 Å². The molecule has 2 fully saturated rings. The number of piperazine rings is 1. The third-order valence-corrected chi connectivity index (χ3v) is 9.99. The molecule has 6 rings (SSSR count). The molecule has 1 unspecified atom stereocenters. The van der Waals surface area contributed by atoms with Crippen molar-refractivity contribution in [3.8, 4) is 0 Å². The third-order valence-electron chi connectivity index (χ3n) is 9.69. The Hall–Kier alpha value is -4.72. The van der Waals surface area contributed by atoms with Gasteiger partial charge < -0.3 is 35.6 Å². The number of fused-ring (bicyclic) bond motifs is 1. The van der Waals surface area contributed by atoms with Crippen molar-refractivity contribution in [2.45, 2.75) is 43.9 Å². The van der Waals surface area contributed by atoms with Crippen LogP contribution in [0.5, 0.6) is 0 Å². The topological polar surface area (TPSA) is 113 Å². The van der Waals surface area contributed by atoms with Crippen LogP contribution in [-0.4, -0.2) is 103 Å². The molecular weight excluding hydrogens is 673 g/mol. The summed E-state index contributed by atoms with van der Waals surface area (Å²) in [6.07, 6.45) is 0.316. The number of amides is 5. The number of aromatic nitrogens is 1. The lowest BCUT2D eigenvalue weighted by atomic mass is 10.00. The molecule has 1 atom stereocenters. The molecule has 15 heteroatoms. The van der Waals surface area contributed by atoms with Gasteiger partial charge >= 0.3 is 18.2 Å². The molecule has 2 saturated heterocycles. The van der Waals surface area contributed by atoms with Gasteiger partial charge in [-0.1, -0.05) is 29.8 Å². The zero-order chi connectivity index (χ0) is 35.4. The predicted molar refractivity (Wildman–Crippen MR) is 186 cm³/mol. The summed E-state index contributed by atoms with van der Waals surface area (Å²) in [5, 5.41) is 8.22. The van der Waals surface area contributed by atoms with Crippen LogP contribution in [0.25, 0.3) is 0 Å². The molecule has 3 aromatic rings. The van der Waals surface area contributed by atoms with Crippen LogP contribution in [0.4, 0.5) is 39.8 Å². The number of likely N-dealkylation sites (tertiary alicyclic amines) is 1. The number of halogens is 4. The number of alkyl halides is 3. The van der Waals surface area contributed by atoms with Crippen LogP contribution in [0.2, 0.25) is 5.02 Å². The number of carbonyl (C=O) groups excluding carboxylic acids is 3. The molecule has 0 bridgehead atoms. The summed E-state index contributed by atoms with van der Waals surface area (Å²) in [5.41, 5.74) is 1.80. The molecular formula is C35H40ClF3N8O3. The number of benzene rings is 2. The fourth-order valence-corrected chi connectivity index (χ4v) is 7.35. The maximum absolute atomic E-state index is 14.0. The van der Waals surface area contributed by atoms with Crippen LogP contribution in [-0.2, 0) is 23.8 Å². The Morgan fingerprint density at radius 1 is 0.980 bits per heavy atom. The van der Waals surface area contributed by atoms with Gasteiger partial charge in [0, 0.05) is 89.1 Å². The number of urea groups is 2. The Bertz CT molecular complexity index is 1700. The summed E-state index contributed by atoms with van der Waals surface area (Å²) in [5.74, 6) is -0.384. The zero-order valence-corrected chi connectivity index (χ0v) is 28.4. The van der Waals surface area contributed by atoms with Gasteiger partial charge in [0.25, 0.3) is 0 Å². The highest BCUT2D eigenvalue weighted by molar-refractivity contribution is 6.33. The van der Waals surface area contributed by atoms with Gasteiger partial charge in [-0.3, -0.25) is 9.78 Å². The highest BCUT2D eigenvalue weighted by Crippen LogP contribution is 2.39. The van der Waals surface area contributed by atoms with Crippen LogP contribution < -0.4 is 20.9 Å². The highest BCUT2D eigenvalue weighted by atomic mass is 35.5. The van der Waals surface area contributed by atoms with E-state index in [1.807, 2.05) is 41.3 Å². The Kier molecular flexibility index (Phi) is 10.6. The van der Waals surface area contributed by atoms with Gasteiger partial charge in [-0.15, -0.1) is 0 Å². The lowest BCUT2D eigenvalue weighted by Crippen LogP contribution is -2.58. The SMILES string of the molecule is CNc1c(Cl)cc(CC(NC(=O)N2CCC(N3CCc4ccccc4NC3=O)CC2)C(=O)N2CCN(c3ccncc3)CC2)cc1C(F)(F)F. The van der Waals surface area contributed by atoms with E-state index in [4.69, 9.17) is 11.6 Å². The molecule has 0 aliphatic carbocycles. The number of nitrogens with one attached hydrogen (secondary N) is 3. The molecule has 0 saturated carbocycles. The summed E-state index contributed by atoms with van der Waals surface area (Å²) in [7, 11) is 1.36. The van der Waals surface area contributed by atoms with E-state index >= 15 is 0 Å². The normalized spacial score (nSPS) is 17.8. The van der Waals surface area contributed by atoms with Gasteiger partial charge in [-0.2, -0.15) is 13.2 Å². The quantitative estimate of drug-likeness (QED) is 0.306. The average molecular weight is 713 g/mol. The second-order valence-corrected chi connectivity index (χ2v) is 13.1. The summed E-state index contributed by atoms with van der Waals surface area (Å²) in [6, 6.07) is 12.0. The second kappa shape index (κ2) is 15.0. The number of piperidine rings is 1. The maximum Gasteiger partial charge on any atom is 0.418 e. The van der Waals surface area contributed by atoms with Crippen LogP contribution in [0.3, 0.4) is 0 Å². The van der Waals surface area contributed by atoms with Crippen molar-refractivity contribution in [2.75, 3.05) is 68.4 Å². The lowest BCUT2D eigenvalue weighted by molar-refractivity contribution is -0.137. The lowest BCUT2D eigenvalue weighted by Gasteiger charge is -2.39. The summed E-state index contributed by atoms with van der Waals surface area (Å²) >= 11 is 6.28. The van der Waals surface area contributed by atoms with Crippen molar-refractivity contribution in [1.29, 1.82) is 0 Å². The first-order chi connectivity index (χ1) is 24.0. The number of nitrogens with zero attached hydrogens (tertiary/aromatic N) is 5. The molecule has 3 N–H and O–H groups in total. The minimum Gasteiger partial charge on any atom is -0.386 e. The molecule has 3 aliphatic rings. The van der Waals surface area contributed by atoms with Crippen LogP contribution in [0, 0.1) is 0 Å². The van der Waals surface area contributed by atoms with Crippen molar-refractivity contribution in [3.63, 3.8) is 0 Å². The van der Waals surface area contributed by atoms with E-state index in [-0.39, 0.29) is 40.7 Å². The van der Waals surface area contributed by atoms with E-state index < -0.39 is 23.8 Å². The molecule has 4 heterocycles. The van der Waals surface area contributed by atoms with E-state index in [0.29, 0.717) is 65.1 Å². The predicted octanol–water partition coefficient (Wildman–Crippen LogP) is 5.32. The number of anilines is 3. The molecule has 5 amide bonds.